The number of nitrogens with one attached hydrogen (secondary N) is 1. The molecular weight excluding hydrogens is 200 g/mol. The zero-order valence-electron chi connectivity index (χ0n) is 10.9. The Morgan fingerprint density at radius 3 is 2.69 bits per heavy atom. The van der Waals surface area contributed by atoms with Crippen molar-refractivity contribution in [2.45, 2.75) is 52.6 Å². The lowest BCUT2D eigenvalue weighted by molar-refractivity contribution is 0.430. The molecule has 0 radical (unpaired) electrons. The molecule has 0 saturated carbocycles. The van der Waals surface area contributed by atoms with Crippen LogP contribution in [0.5, 0.6) is 0 Å². The van der Waals surface area contributed by atoms with E-state index in [2.05, 4.69) is 36.4 Å². The van der Waals surface area contributed by atoms with Gasteiger partial charge in [-0.1, -0.05) is 26.0 Å². The molecule has 0 aliphatic heterocycles. The summed E-state index contributed by atoms with van der Waals surface area (Å²) in [6, 6.07) is 0.379. The molecule has 0 bridgehead atoms. The summed E-state index contributed by atoms with van der Waals surface area (Å²) in [5.41, 5.74) is 1.21. The van der Waals surface area contributed by atoms with Crippen molar-refractivity contribution in [1.29, 1.82) is 0 Å². The lowest BCUT2D eigenvalue weighted by Crippen LogP contribution is -2.21. The number of aryl methyl sites for hydroxylation is 1. The first kappa shape index (κ1) is 13.2. The molecule has 1 aromatic rings. The maximum atomic E-state index is 4.13. The molecule has 92 valence electrons. The summed E-state index contributed by atoms with van der Waals surface area (Å²) in [5.74, 6) is 0.742. The summed E-state index contributed by atoms with van der Waals surface area (Å²) in [5, 5.41) is 11.5. The van der Waals surface area contributed by atoms with Gasteiger partial charge in [0.2, 0.25) is 0 Å². The Balaban J connectivity index is 2.66. The van der Waals surface area contributed by atoms with Gasteiger partial charge in [-0.05, 0) is 32.2 Å². The van der Waals surface area contributed by atoms with Crippen molar-refractivity contribution < 1.29 is 0 Å². The van der Waals surface area contributed by atoms with Crippen LogP contribution in [0, 0.1) is 5.92 Å². The van der Waals surface area contributed by atoms with E-state index in [9.17, 15) is 0 Å². The average Bonchev–Trinajstić information content (AvgIpc) is 2.68. The normalized spacial score (nSPS) is 13.3. The smallest absolute Gasteiger partial charge is 0.0756 e. The summed E-state index contributed by atoms with van der Waals surface area (Å²) >= 11 is 0. The number of hydrogen-bond donors (Lipinski definition) is 1. The second-order valence-corrected chi connectivity index (χ2v) is 4.69. The fourth-order valence-corrected chi connectivity index (χ4v) is 1.86. The van der Waals surface area contributed by atoms with Crippen LogP contribution in [0.3, 0.4) is 0 Å². The number of nitrogens with zero attached hydrogens (tertiary/aromatic N) is 3. The van der Waals surface area contributed by atoms with Crippen molar-refractivity contribution in [1.82, 2.24) is 20.3 Å². The Labute approximate surface area is 98.4 Å². The van der Waals surface area contributed by atoms with Crippen LogP contribution < -0.4 is 5.32 Å². The molecule has 16 heavy (non-hydrogen) atoms. The van der Waals surface area contributed by atoms with Crippen molar-refractivity contribution >= 4 is 0 Å². The highest BCUT2D eigenvalue weighted by atomic mass is 15.4. The molecule has 1 heterocycles. The lowest BCUT2D eigenvalue weighted by atomic mass is 10.0. The third-order valence-corrected chi connectivity index (χ3v) is 2.82. The molecule has 4 nitrogen and oxygen atoms in total. The van der Waals surface area contributed by atoms with Gasteiger partial charge in [0.1, 0.15) is 0 Å². The Morgan fingerprint density at radius 2 is 2.12 bits per heavy atom. The van der Waals surface area contributed by atoms with E-state index in [4.69, 9.17) is 0 Å². The van der Waals surface area contributed by atoms with E-state index in [-0.39, 0.29) is 0 Å². The number of rotatable bonds is 7. The maximum Gasteiger partial charge on any atom is 0.0756 e. The van der Waals surface area contributed by atoms with Crippen molar-refractivity contribution in [3.05, 3.63) is 11.9 Å². The average molecular weight is 224 g/mol. The quantitative estimate of drug-likeness (QED) is 0.773. The third kappa shape index (κ3) is 3.59. The van der Waals surface area contributed by atoms with Gasteiger partial charge in [-0.25, -0.2) is 4.68 Å². The van der Waals surface area contributed by atoms with E-state index in [1.807, 2.05) is 17.9 Å². The lowest BCUT2D eigenvalue weighted by Gasteiger charge is -2.17. The van der Waals surface area contributed by atoms with Crippen LogP contribution >= 0.6 is 0 Å². The molecular formula is C12H24N4. The first-order valence-corrected chi connectivity index (χ1v) is 6.24. The van der Waals surface area contributed by atoms with Crippen LogP contribution in [0.15, 0.2) is 6.20 Å². The van der Waals surface area contributed by atoms with Gasteiger partial charge < -0.3 is 5.32 Å². The Kier molecular flexibility index (Phi) is 5.46. The minimum Gasteiger partial charge on any atom is -0.312 e. The Morgan fingerprint density at radius 1 is 1.38 bits per heavy atom. The van der Waals surface area contributed by atoms with Crippen LogP contribution in [0.2, 0.25) is 0 Å². The second kappa shape index (κ2) is 6.63. The zero-order valence-corrected chi connectivity index (χ0v) is 10.9. The molecule has 1 rings (SSSR count). The second-order valence-electron chi connectivity index (χ2n) is 4.69. The summed E-state index contributed by atoms with van der Waals surface area (Å²) in [7, 11) is 2.01. The topological polar surface area (TPSA) is 42.7 Å². The molecule has 0 fully saturated rings. The van der Waals surface area contributed by atoms with Gasteiger partial charge in [0.05, 0.1) is 17.9 Å². The Hall–Kier alpha value is -0.900. The summed E-state index contributed by atoms with van der Waals surface area (Å²) in [6.07, 6.45) is 5.35. The van der Waals surface area contributed by atoms with Crippen molar-refractivity contribution in [3.8, 4) is 0 Å². The number of hydrogen-bond acceptors (Lipinski definition) is 3. The fourth-order valence-electron chi connectivity index (χ4n) is 1.86. The first-order valence-electron chi connectivity index (χ1n) is 6.24. The summed E-state index contributed by atoms with van der Waals surface area (Å²) < 4.78 is 2.02. The molecule has 0 aliphatic rings. The van der Waals surface area contributed by atoms with Gasteiger partial charge in [-0.2, -0.15) is 0 Å². The van der Waals surface area contributed by atoms with Crippen LogP contribution in [-0.2, 0) is 6.54 Å². The fraction of sp³-hybridized carbons (Fsp3) is 0.833. The molecule has 0 aromatic carbocycles. The largest absolute Gasteiger partial charge is 0.312 e. The molecule has 1 N–H and O–H groups in total. The molecule has 1 unspecified atom stereocenters. The molecule has 0 saturated heterocycles. The molecule has 0 amide bonds. The van der Waals surface area contributed by atoms with Crippen LogP contribution in [0.1, 0.15) is 51.8 Å². The van der Waals surface area contributed by atoms with Gasteiger partial charge in [-0.15, -0.1) is 5.10 Å². The predicted octanol–water partition coefficient (Wildman–Crippen LogP) is 2.38. The molecule has 1 atom stereocenters. The van der Waals surface area contributed by atoms with Gasteiger partial charge in [0.25, 0.3) is 0 Å². The predicted molar refractivity (Wildman–Crippen MR) is 66.2 cm³/mol. The number of aromatic nitrogens is 3. The van der Waals surface area contributed by atoms with Crippen LogP contribution in [0.25, 0.3) is 0 Å². The molecule has 4 heteroatoms. The van der Waals surface area contributed by atoms with Gasteiger partial charge in [-0.3, -0.25) is 0 Å². The monoisotopic (exact) mass is 224 g/mol. The third-order valence-electron chi connectivity index (χ3n) is 2.82. The minimum atomic E-state index is 0.379. The van der Waals surface area contributed by atoms with Gasteiger partial charge in [0, 0.05) is 6.54 Å². The van der Waals surface area contributed by atoms with E-state index in [1.165, 1.54) is 12.1 Å². The molecule has 1 aromatic heterocycles. The van der Waals surface area contributed by atoms with E-state index in [0.29, 0.717) is 6.04 Å². The highest BCUT2D eigenvalue weighted by molar-refractivity contribution is 5.01. The van der Waals surface area contributed by atoms with Gasteiger partial charge in [0.15, 0.2) is 0 Å². The first-order chi connectivity index (χ1) is 7.69. The standard InChI is InChI=1S/C12H24N4/c1-5-8-16-12(9-14-15-16)11(13-4)7-6-10(2)3/h9-11,13H,5-8H2,1-4H3. The maximum absolute atomic E-state index is 4.13. The van der Waals surface area contributed by atoms with E-state index >= 15 is 0 Å². The summed E-state index contributed by atoms with van der Waals surface area (Å²) in [6.45, 7) is 7.63. The summed E-state index contributed by atoms with van der Waals surface area (Å²) in [4.78, 5) is 0. The van der Waals surface area contributed by atoms with E-state index in [1.54, 1.807) is 0 Å². The minimum absolute atomic E-state index is 0.379. The van der Waals surface area contributed by atoms with Crippen LogP contribution in [-0.4, -0.2) is 22.0 Å². The van der Waals surface area contributed by atoms with Crippen LogP contribution in [0.4, 0.5) is 0 Å². The SMILES string of the molecule is CCCn1nncc1C(CCC(C)C)NC. The highest BCUT2D eigenvalue weighted by Crippen LogP contribution is 2.19. The molecule has 0 aliphatic carbocycles. The van der Waals surface area contributed by atoms with E-state index < -0.39 is 0 Å². The zero-order chi connectivity index (χ0) is 12.0. The molecule has 0 spiro atoms. The van der Waals surface area contributed by atoms with Crippen molar-refractivity contribution in [3.63, 3.8) is 0 Å². The highest BCUT2D eigenvalue weighted by Gasteiger charge is 2.15. The van der Waals surface area contributed by atoms with Gasteiger partial charge >= 0.3 is 0 Å². The van der Waals surface area contributed by atoms with Crippen molar-refractivity contribution in [2.75, 3.05) is 7.05 Å². The van der Waals surface area contributed by atoms with Crippen molar-refractivity contribution in [2.24, 2.45) is 5.92 Å². The Bertz CT molecular complexity index is 293. The van der Waals surface area contributed by atoms with E-state index in [0.717, 1.165) is 25.3 Å².